The van der Waals surface area contributed by atoms with Crippen LogP contribution >= 0.6 is 0 Å². The van der Waals surface area contributed by atoms with E-state index in [1.54, 1.807) is 7.48 Å². The lowest BCUT2D eigenvalue weighted by Crippen LogP contribution is -2.10. The van der Waals surface area contributed by atoms with Crippen molar-refractivity contribution in [2.75, 3.05) is 5.73 Å². The zero-order chi connectivity index (χ0) is 11.7. The summed E-state index contributed by atoms with van der Waals surface area (Å²) < 4.78 is 11.0. The Kier molecular flexibility index (Phi) is 2.50. The van der Waals surface area contributed by atoms with Gasteiger partial charge in [-0.15, -0.1) is 0 Å². The molecule has 1 aliphatic heterocycles. The SMILES string of the molecule is Nc1ccc(Oc2ccc3c(c2)CO[B]3)cc1. The first-order valence-electron chi connectivity index (χ1n) is 5.42. The largest absolute Gasteiger partial charge is 0.457 e. The van der Waals surface area contributed by atoms with E-state index in [-0.39, 0.29) is 0 Å². The Bertz CT molecular complexity index is 540. The maximum Gasteiger partial charge on any atom is 0.330 e. The van der Waals surface area contributed by atoms with E-state index in [4.69, 9.17) is 15.1 Å². The van der Waals surface area contributed by atoms with Crippen molar-refractivity contribution < 1.29 is 9.39 Å². The molecule has 0 saturated heterocycles. The summed E-state index contributed by atoms with van der Waals surface area (Å²) in [4.78, 5) is 0. The molecule has 1 heterocycles. The molecule has 0 fully saturated rings. The molecule has 17 heavy (non-hydrogen) atoms. The van der Waals surface area contributed by atoms with E-state index >= 15 is 0 Å². The van der Waals surface area contributed by atoms with Crippen LogP contribution in [0.1, 0.15) is 5.56 Å². The summed E-state index contributed by atoms with van der Waals surface area (Å²) in [6.07, 6.45) is 0. The van der Waals surface area contributed by atoms with Gasteiger partial charge in [0.25, 0.3) is 0 Å². The molecule has 0 bridgehead atoms. The number of nitrogen functional groups attached to an aromatic ring is 1. The Morgan fingerprint density at radius 2 is 1.82 bits per heavy atom. The molecule has 2 aromatic rings. The topological polar surface area (TPSA) is 44.5 Å². The molecule has 0 amide bonds. The highest BCUT2D eigenvalue weighted by Crippen LogP contribution is 2.23. The van der Waals surface area contributed by atoms with E-state index in [0.717, 1.165) is 28.2 Å². The number of ether oxygens (including phenoxy) is 1. The number of hydrogen-bond acceptors (Lipinski definition) is 3. The lowest BCUT2D eigenvalue weighted by molar-refractivity contribution is 0.344. The average Bonchev–Trinajstić information content (AvgIpc) is 2.79. The van der Waals surface area contributed by atoms with Crippen LogP contribution in [0.3, 0.4) is 0 Å². The minimum Gasteiger partial charge on any atom is -0.457 e. The fraction of sp³-hybridized carbons (Fsp3) is 0.0769. The second kappa shape index (κ2) is 4.15. The number of hydrogen-bond donors (Lipinski definition) is 1. The summed E-state index contributed by atoms with van der Waals surface area (Å²) in [5.41, 5.74) is 8.62. The highest BCUT2D eigenvalue weighted by Gasteiger charge is 2.13. The summed E-state index contributed by atoms with van der Waals surface area (Å²) >= 11 is 0. The van der Waals surface area contributed by atoms with Gasteiger partial charge in [0.2, 0.25) is 0 Å². The Morgan fingerprint density at radius 1 is 1.06 bits per heavy atom. The summed E-state index contributed by atoms with van der Waals surface area (Å²) in [7, 11) is 1.77. The molecule has 83 valence electrons. The minimum absolute atomic E-state index is 0.619. The van der Waals surface area contributed by atoms with Crippen molar-refractivity contribution in [2.45, 2.75) is 6.61 Å². The van der Waals surface area contributed by atoms with Crippen molar-refractivity contribution in [3.05, 3.63) is 48.0 Å². The molecular weight excluding hydrogens is 213 g/mol. The first kappa shape index (κ1) is 10.2. The van der Waals surface area contributed by atoms with Gasteiger partial charge in [0.1, 0.15) is 11.5 Å². The van der Waals surface area contributed by atoms with Gasteiger partial charge in [0.15, 0.2) is 0 Å². The zero-order valence-electron chi connectivity index (χ0n) is 9.22. The van der Waals surface area contributed by atoms with E-state index in [0.29, 0.717) is 6.61 Å². The van der Waals surface area contributed by atoms with Gasteiger partial charge >= 0.3 is 7.48 Å². The van der Waals surface area contributed by atoms with Crippen LogP contribution in [0.25, 0.3) is 0 Å². The van der Waals surface area contributed by atoms with Gasteiger partial charge in [-0.25, -0.2) is 0 Å². The summed E-state index contributed by atoms with van der Waals surface area (Å²) in [6, 6.07) is 13.3. The van der Waals surface area contributed by atoms with Crippen LogP contribution in [0, 0.1) is 0 Å². The molecule has 2 N–H and O–H groups in total. The molecule has 1 aliphatic rings. The van der Waals surface area contributed by atoms with Crippen molar-refractivity contribution >= 4 is 18.6 Å². The molecule has 0 aromatic heterocycles. The van der Waals surface area contributed by atoms with Gasteiger partial charge in [-0.2, -0.15) is 0 Å². The molecule has 1 radical (unpaired) electrons. The average molecular weight is 224 g/mol. The van der Waals surface area contributed by atoms with Gasteiger partial charge in [-0.3, -0.25) is 0 Å². The molecule has 0 aliphatic carbocycles. The maximum atomic E-state index is 5.73. The van der Waals surface area contributed by atoms with Crippen LogP contribution in [0.5, 0.6) is 11.5 Å². The molecule has 4 heteroatoms. The number of benzene rings is 2. The number of fused-ring (bicyclic) bond motifs is 1. The van der Waals surface area contributed by atoms with E-state index in [1.165, 1.54) is 0 Å². The van der Waals surface area contributed by atoms with Crippen LogP contribution < -0.4 is 15.9 Å². The molecule has 2 aromatic carbocycles. The fourth-order valence-electron chi connectivity index (χ4n) is 1.78. The second-order valence-electron chi connectivity index (χ2n) is 3.96. The Labute approximate surface area is 100 Å². The molecule has 3 rings (SSSR count). The molecule has 0 unspecified atom stereocenters. The van der Waals surface area contributed by atoms with Crippen molar-refractivity contribution in [2.24, 2.45) is 0 Å². The van der Waals surface area contributed by atoms with Gasteiger partial charge in [-0.1, -0.05) is 6.07 Å². The first-order chi connectivity index (χ1) is 8.31. The van der Waals surface area contributed by atoms with Crippen molar-refractivity contribution in [1.82, 2.24) is 0 Å². The molecule has 0 saturated carbocycles. The molecule has 3 nitrogen and oxygen atoms in total. The number of nitrogens with two attached hydrogens (primary N) is 1. The first-order valence-corrected chi connectivity index (χ1v) is 5.42. The van der Waals surface area contributed by atoms with Gasteiger partial charge in [0, 0.05) is 5.69 Å². The predicted molar refractivity (Wildman–Crippen MR) is 67.5 cm³/mol. The van der Waals surface area contributed by atoms with Crippen LogP contribution in [0.15, 0.2) is 42.5 Å². The molecule has 0 atom stereocenters. The highest BCUT2D eigenvalue weighted by molar-refractivity contribution is 6.48. The van der Waals surface area contributed by atoms with E-state index < -0.39 is 0 Å². The standard InChI is InChI=1S/C13H11BNO2/c15-10-1-3-11(4-2-10)17-12-5-6-13-9(7-12)8-16-14-13/h1-7H,8,15H2. The van der Waals surface area contributed by atoms with Crippen LogP contribution in [-0.2, 0) is 11.3 Å². The second-order valence-corrected chi connectivity index (χ2v) is 3.96. The van der Waals surface area contributed by atoms with Crippen LogP contribution in [0.2, 0.25) is 0 Å². The lowest BCUT2D eigenvalue weighted by Gasteiger charge is -2.07. The minimum atomic E-state index is 0.619. The zero-order valence-corrected chi connectivity index (χ0v) is 9.22. The lowest BCUT2D eigenvalue weighted by atomic mass is 9.87. The van der Waals surface area contributed by atoms with Crippen molar-refractivity contribution in [3.8, 4) is 11.5 Å². The predicted octanol–water partition coefficient (Wildman–Crippen LogP) is 1.84. The van der Waals surface area contributed by atoms with E-state index in [2.05, 4.69) is 0 Å². The Hall–Kier alpha value is -1.94. The smallest absolute Gasteiger partial charge is 0.330 e. The normalized spacial score (nSPS) is 12.9. The Morgan fingerprint density at radius 3 is 2.65 bits per heavy atom. The summed E-state index contributed by atoms with van der Waals surface area (Å²) in [6.45, 7) is 0.619. The molecular formula is C13H11BNO2. The van der Waals surface area contributed by atoms with E-state index in [1.807, 2.05) is 42.5 Å². The third-order valence-corrected chi connectivity index (χ3v) is 2.68. The van der Waals surface area contributed by atoms with Gasteiger partial charge < -0.3 is 15.1 Å². The fourth-order valence-corrected chi connectivity index (χ4v) is 1.78. The van der Waals surface area contributed by atoms with Crippen LogP contribution in [0.4, 0.5) is 5.69 Å². The number of anilines is 1. The van der Waals surface area contributed by atoms with Gasteiger partial charge in [0.05, 0.1) is 6.61 Å². The van der Waals surface area contributed by atoms with Crippen LogP contribution in [-0.4, -0.2) is 7.48 Å². The monoisotopic (exact) mass is 224 g/mol. The van der Waals surface area contributed by atoms with E-state index in [9.17, 15) is 0 Å². The molecule has 0 spiro atoms. The quantitative estimate of drug-likeness (QED) is 0.625. The number of rotatable bonds is 2. The highest BCUT2D eigenvalue weighted by atomic mass is 16.5. The van der Waals surface area contributed by atoms with Crippen molar-refractivity contribution in [3.63, 3.8) is 0 Å². The summed E-state index contributed by atoms with van der Waals surface area (Å²) in [5.74, 6) is 1.59. The Balaban J connectivity index is 1.83. The van der Waals surface area contributed by atoms with Gasteiger partial charge in [-0.05, 0) is 47.4 Å². The third kappa shape index (κ3) is 2.12. The van der Waals surface area contributed by atoms with Crippen molar-refractivity contribution in [1.29, 1.82) is 0 Å². The summed E-state index contributed by atoms with van der Waals surface area (Å²) in [5, 5.41) is 0. The third-order valence-electron chi connectivity index (χ3n) is 2.68. The maximum absolute atomic E-state index is 5.73.